The van der Waals surface area contributed by atoms with Gasteiger partial charge in [-0.3, -0.25) is 0 Å². The van der Waals surface area contributed by atoms with E-state index in [0.29, 0.717) is 0 Å². The molecule has 4 nitrogen and oxygen atoms in total. The molecule has 0 aromatic heterocycles. The molecule has 0 amide bonds. The van der Waals surface area contributed by atoms with E-state index < -0.39 is 7.82 Å². The SMILES string of the molecule is O=P(O)(O)O.[Gd].[Na]. The Labute approximate surface area is 94.9 Å². The van der Waals surface area contributed by atoms with Gasteiger partial charge in [0.05, 0.1) is 0 Å². The van der Waals surface area contributed by atoms with E-state index >= 15 is 0 Å². The summed E-state index contributed by atoms with van der Waals surface area (Å²) in [6, 6.07) is 0. The molecule has 7 heteroatoms. The van der Waals surface area contributed by atoms with E-state index in [1.54, 1.807) is 0 Å². The molecule has 0 saturated heterocycles. The molecule has 0 heterocycles. The summed E-state index contributed by atoms with van der Waals surface area (Å²) in [6.45, 7) is 0. The first-order valence-electron chi connectivity index (χ1n) is 0.783. The molecule has 3 N–H and O–H groups in total. The fourth-order valence-corrected chi connectivity index (χ4v) is 0. The second-order valence-corrected chi connectivity index (χ2v) is 1.54. The van der Waals surface area contributed by atoms with Gasteiger partial charge in [0.25, 0.3) is 0 Å². The van der Waals surface area contributed by atoms with Crippen molar-refractivity contribution < 1.29 is 59.2 Å². The van der Waals surface area contributed by atoms with Crippen molar-refractivity contribution in [1.29, 1.82) is 0 Å². The van der Waals surface area contributed by atoms with Crippen molar-refractivity contribution in [1.82, 2.24) is 0 Å². The van der Waals surface area contributed by atoms with E-state index in [1.165, 1.54) is 0 Å². The molecule has 0 saturated carbocycles. The molecule has 0 aromatic rings. The quantitative estimate of drug-likeness (QED) is 0.380. The topological polar surface area (TPSA) is 77.8 Å². The number of phosphoric acid groups is 1. The first kappa shape index (κ1) is 16.2. The summed E-state index contributed by atoms with van der Waals surface area (Å²) in [5.74, 6) is 0. The molecule has 0 unspecified atom stereocenters. The van der Waals surface area contributed by atoms with Gasteiger partial charge in [0.1, 0.15) is 0 Å². The molecular formula is H3GdNaO4P. The predicted molar refractivity (Wildman–Crippen MR) is 20.0 cm³/mol. The Morgan fingerprint density at radius 3 is 1.14 bits per heavy atom. The summed E-state index contributed by atoms with van der Waals surface area (Å²) < 4.78 is 8.88. The van der Waals surface area contributed by atoms with Crippen LogP contribution in [0, 0.1) is 39.9 Å². The molecule has 0 fully saturated rings. The normalized spacial score (nSPS) is 8.43. The van der Waals surface area contributed by atoms with Crippen LogP contribution in [0.25, 0.3) is 0 Å². The summed E-state index contributed by atoms with van der Waals surface area (Å²) >= 11 is 0. The molecule has 0 rings (SSSR count). The van der Waals surface area contributed by atoms with Crippen LogP contribution >= 0.6 is 7.82 Å². The Kier molecular flexibility index (Phi) is 15.2. The average molecular weight is 278 g/mol. The monoisotopic (exact) mass is 279 g/mol. The average Bonchev–Trinajstić information content (AvgIpc) is 0.722. The van der Waals surface area contributed by atoms with E-state index in [0.717, 1.165) is 0 Å². The first-order chi connectivity index (χ1) is 2.00. The van der Waals surface area contributed by atoms with Crippen LogP contribution in [0.1, 0.15) is 0 Å². The van der Waals surface area contributed by atoms with Gasteiger partial charge in [-0.15, -0.1) is 0 Å². The van der Waals surface area contributed by atoms with Crippen LogP contribution in [0.4, 0.5) is 0 Å². The van der Waals surface area contributed by atoms with Crippen molar-refractivity contribution in [2.45, 2.75) is 0 Å². The zero-order chi connectivity index (χ0) is 4.50. The van der Waals surface area contributed by atoms with Crippen LogP contribution in [0.15, 0.2) is 0 Å². The van der Waals surface area contributed by atoms with Gasteiger partial charge in [0.15, 0.2) is 0 Å². The van der Waals surface area contributed by atoms with Crippen molar-refractivity contribution >= 4 is 37.4 Å². The van der Waals surface area contributed by atoms with Crippen molar-refractivity contribution in [3.63, 3.8) is 0 Å². The molecule has 0 spiro atoms. The Balaban J connectivity index is -0.0000000800. The van der Waals surface area contributed by atoms with Gasteiger partial charge in [-0.05, 0) is 0 Å². The molecule has 0 aliphatic carbocycles. The summed E-state index contributed by atoms with van der Waals surface area (Å²) in [5, 5.41) is 0. The smallest absolute Gasteiger partial charge is 0.303 e. The maximum atomic E-state index is 8.88. The van der Waals surface area contributed by atoms with E-state index in [1.807, 2.05) is 0 Å². The second-order valence-electron chi connectivity index (χ2n) is 0.513. The third-order valence-electron chi connectivity index (χ3n) is 0. The summed E-state index contributed by atoms with van der Waals surface area (Å²) in [5.41, 5.74) is 0. The fraction of sp³-hybridized carbons (Fsp3) is 0. The van der Waals surface area contributed by atoms with Crippen LogP contribution < -0.4 is 0 Å². The van der Waals surface area contributed by atoms with Crippen LogP contribution in [-0.2, 0) is 4.57 Å². The van der Waals surface area contributed by atoms with E-state index in [2.05, 4.69) is 0 Å². The Bertz CT molecular complexity index is 57.8. The molecule has 0 aromatic carbocycles. The minimum atomic E-state index is -4.64. The van der Waals surface area contributed by atoms with Crippen molar-refractivity contribution in [3.05, 3.63) is 0 Å². The Morgan fingerprint density at radius 2 is 1.14 bits per heavy atom. The van der Waals surface area contributed by atoms with Gasteiger partial charge in [-0.25, -0.2) is 4.57 Å². The van der Waals surface area contributed by atoms with Gasteiger partial charge in [-0.2, -0.15) is 0 Å². The minimum Gasteiger partial charge on any atom is -0.303 e. The zero-order valence-electron chi connectivity index (χ0n) is 3.55. The Morgan fingerprint density at radius 1 is 1.14 bits per heavy atom. The van der Waals surface area contributed by atoms with Crippen LogP contribution in [0.2, 0.25) is 0 Å². The van der Waals surface area contributed by atoms with E-state index in [4.69, 9.17) is 19.2 Å². The number of rotatable bonds is 0. The van der Waals surface area contributed by atoms with Crippen molar-refractivity contribution in [3.8, 4) is 0 Å². The van der Waals surface area contributed by atoms with Crippen molar-refractivity contribution in [2.24, 2.45) is 0 Å². The van der Waals surface area contributed by atoms with E-state index in [9.17, 15) is 0 Å². The molecule has 0 aliphatic rings. The second kappa shape index (κ2) is 6.55. The molecular weight excluding hydrogens is 275 g/mol. The first-order valence-corrected chi connectivity index (χ1v) is 2.35. The molecule has 0 bridgehead atoms. The number of hydrogen-bond donors (Lipinski definition) is 3. The molecule has 7 heavy (non-hydrogen) atoms. The molecule has 0 aliphatic heterocycles. The molecule has 41 valence electrons. The van der Waals surface area contributed by atoms with Gasteiger partial charge in [0.2, 0.25) is 0 Å². The summed E-state index contributed by atoms with van der Waals surface area (Å²) in [4.78, 5) is 21.6. The Hall–Kier alpha value is 2.43. The molecule has 0 atom stereocenters. The zero-order valence-corrected chi connectivity index (χ0v) is 8.71. The predicted octanol–water partition coefficient (Wildman–Crippen LogP) is -1.31. The van der Waals surface area contributed by atoms with Crippen LogP contribution in [0.3, 0.4) is 0 Å². The maximum absolute atomic E-state index is 8.88. The maximum Gasteiger partial charge on any atom is 0.466 e. The van der Waals surface area contributed by atoms with Crippen LogP contribution in [-0.4, -0.2) is 44.2 Å². The van der Waals surface area contributed by atoms with Gasteiger partial charge in [0, 0.05) is 69.5 Å². The fourth-order valence-electron chi connectivity index (χ4n) is 0. The summed E-state index contributed by atoms with van der Waals surface area (Å²) in [6.07, 6.45) is 0. The molecule has 1 radical (unpaired) electrons. The standard InChI is InChI=1S/Gd.Na.H3O4P/c;;1-5(2,3)4/h;;(H3,1,2,3,4). The van der Waals surface area contributed by atoms with Crippen molar-refractivity contribution in [2.75, 3.05) is 0 Å². The minimum absolute atomic E-state index is 0. The van der Waals surface area contributed by atoms with E-state index in [-0.39, 0.29) is 69.5 Å². The summed E-state index contributed by atoms with van der Waals surface area (Å²) in [7, 11) is -4.64. The van der Waals surface area contributed by atoms with Gasteiger partial charge in [-0.1, -0.05) is 0 Å². The van der Waals surface area contributed by atoms with Crippen LogP contribution in [0.5, 0.6) is 0 Å². The largest absolute Gasteiger partial charge is 0.466 e. The van der Waals surface area contributed by atoms with Gasteiger partial charge >= 0.3 is 7.82 Å². The third-order valence-corrected chi connectivity index (χ3v) is 0. The third kappa shape index (κ3) is 58.9. The number of hydrogen-bond acceptors (Lipinski definition) is 1. The van der Waals surface area contributed by atoms with Gasteiger partial charge < -0.3 is 14.7 Å².